The van der Waals surface area contributed by atoms with Crippen LogP contribution in [0.25, 0.3) is 10.9 Å². The molecule has 3 heterocycles. The van der Waals surface area contributed by atoms with E-state index in [0.717, 1.165) is 39.2 Å². The van der Waals surface area contributed by atoms with Crippen LogP contribution in [0.1, 0.15) is 57.7 Å². The van der Waals surface area contributed by atoms with E-state index in [1.54, 1.807) is 0 Å². The van der Waals surface area contributed by atoms with Gasteiger partial charge in [-0.15, -0.1) is 0 Å². The van der Waals surface area contributed by atoms with E-state index in [-0.39, 0.29) is 30.3 Å². The lowest BCUT2D eigenvalue weighted by molar-refractivity contribution is -0.139. The van der Waals surface area contributed by atoms with Crippen molar-refractivity contribution in [3.63, 3.8) is 0 Å². The van der Waals surface area contributed by atoms with E-state index in [2.05, 4.69) is 49.8 Å². The number of aromatic nitrogens is 1. The summed E-state index contributed by atoms with van der Waals surface area (Å²) < 4.78 is 8.15. The highest BCUT2D eigenvalue weighted by Crippen LogP contribution is 2.47. The molecular weight excluding hydrogens is 426 g/mol. The van der Waals surface area contributed by atoms with Gasteiger partial charge in [0.1, 0.15) is 5.75 Å². The van der Waals surface area contributed by atoms with Crippen LogP contribution in [0.2, 0.25) is 0 Å². The summed E-state index contributed by atoms with van der Waals surface area (Å²) in [5.41, 5.74) is 5.62. The van der Waals surface area contributed by atoms with Gasteiger partial charge in [-0.25, -0.2) is 0 Å². The number of rotatable bonds is 5. The minimum Gasteiger partial charge on any atom is -0.493 e. The fourth-order valence-electron chi connectivity index (χ4n) is 5.03. The second-order valence-electron chi connectivity index (χ2n) is 9.92. The molecule has 0 saturated heterocycles. The molecule has 0 fully saturated rings. The Kier molecular flexibility index (Phi) is 5.47. The first-order chi connectivity index (χ1) is 16.3. The Bertz CT molecular complexity index is 1310. The van der Waals surface area contributed by atoms with Crippen molar-refractivity contribution < 1.29 is 14.3 Å². The quantitative estimate of drug-likeness (QED) is 0.553. The minimum atomic E-state index is -0.287. The second-order valence-corrected chi connectivity index (χ2v) is 9.92. The fraction of sp³-hybridized carbons (Fsp3) is 0.357. The molecule has 1 atom stereocenters. The number of carbonyl (C=O) groups is 2. The highest BCUT2D eigenvalue weighted by Gasteiger charge is 2.41. The number of nitrogens with one attached hydrogen (secondary N) is 1. The van der Waals surface area contributed by atoms with E-state index in [4.69, 9.17) is 4.74 Å². The molecule has 0 spiro atoms. The molecule has 0 aliphatic carbocycles. The van der Waals surface area contributed by atoms with E-state index in [9.17, 15) is 9.59 Å². The van der Waals surface area contributed by atoms with Gasteiger partial charge in [0.05, 0.1) is 24.2 Å². The first kappa shape index (κ1) is 22.3. The number of amides is 2. The summed E-state index contributed by atoms with van der Waals surface area (Å²) in [7, 11) is 0. The van der Waals surface area contributed by atoms with Crippen molar-refractivity contribution >= 4 is 28.4 Å². The normalized spacial score (nSPS) is 17.4. The molecule has 6 heteroatoms. The maximum atomic E-state index is 13.5. The zero-order chi connectivity index (χ0) is 24.1. The van der Waals surface area contributed by atoms with Crippen molar-refractivity contribution in [1.82, 2.24) is 9.47 Å². The van der Waals surface area contributed by atoms with Gasteiger partial charge in [-0.05, 0) is 55.2 Å². The third kappa shape index (κ3) is 3.58. The predicted octanol–water partition coefficient (Wildman–Crippen LogP) is 5.46. The van der Waals surface area contributed by atoms with Crippen LogP contribution in [0.3, 0.4) is 0 Å². The topological polar surface area (TPSA) is 63.6 Å². The van der Waals surface area contributed by atoms with Gasteiger partial charge in [0.25, 0.3) is 5.91 Å². The van der Waals surface area contributed by atoms with Crippen molar-refractivity contribution in [3.8, 4) is 5.75 Å². The van der Waals surface area contributed by atoms with Crippen molar-refractivity contribution in [2.75, 3.05) is 18.5 Å². The first-order valence-electron chi connectivity index (χ1n) is 11.9. The van der Waals surface area contributed by atoms with Crippen LogP contribution in [0.15, 0.2) is 59.9 Å². The lowest BCUT2D eigenvalue weighted by atomic mass is 9.84. The van der Waals surface area contributed by atoms with Crippen LogP contribution < -0.4 is 10.1 Å². The van der Waals surface area contributed by atoms with Gasteiger partial charge in [0.15, 0.2) is 0 Å². The molecule has 6 nitrogen and oxygen atoms in total. The van der Waals surface area contributed by atoms with E-state index in [0.29, 0.717) is 18.1 Å². The molecule has 2 aromatic carbocycles. The van der Waals surface area contributed by atoms with Crippen molar-refractivity contribution in [2.45, 2.75) is 46.6 Å². The molecule has 2 aliphatic heterocycles. The average Bonchev–Trinajstić information content (AvgIpc) is 3.29. The Balaban J connectivity index is 1.69. The molecule has 2 aliphatic rings. The molecule has 0 unspecified atom stereocenters. The van der Waals surface area contributed by atoms with Gasteiger partial charge >= 0.3 is 0 Å². The van der Waals surface area contributed by atoms with E-state index < -0.39 is 0 Å². The van der Waals surface area contributed by atoms with Crippen molar-refractivity contribution in [3.05, 3.63) is 71.1 Å². The molecular formula is C28H31N3O3. The van der Waals surface area contributed by atoms with Crippen LogP contribution in [-0.2, 0) is 9.59 Å². The Morgan fingerprint density at radius 2 is 1.85 bits per heavy atom. The summed E-state index contributed by atoms with van der Waals surface area (Å²) in [6.07, 6.45) is 2.17. The number of carbonyl (C=O) groups excluding carboxylic acids is 2. The first-order valence-corrected chi connectivity index (χ1v) is 11.9. The summed E-state index contributed by atoms with van der Waals surface area (Å²) in [6.45, 7) is 10.9. The standard InChI is InChI=1S/C28H31N3O3/c1-16(2)15-34-20-11-9-19(10-12-20)25-21-13-30(17(3)4)24-8-6-7-22(26(21)24)29-23-14-31(18(5)32)28(33)27(23)25/h6-13,16-17,25,29H,14-15H2,1-5H3/t25-/m0/s1. The average molecular weight is 458 g/mol. The summed E-state index contributed by atoms with van der Waals surface area (Å²) in [5.74, 6) is 0.499. The molecule has 176 valence electrons. The number of hydrogen-bond acceptors (Lipinski definition) is 4. The maximum Gasteiger partial charge on any atom is 0.259 e. The summed E-state index contributed by atoms with van der Waals surface area (Å²) in [6, 6.07) is 14.5. The van der Waals surface area contributed by atoms with Crippen molar-refractivity contribution in [1.29, 1.82) is 0 Å². The molecule has 1 N–H and O–H groups in total. The lowest BCUT2D eigenvalue weighted by Crippen LogP contribution is -2.33. The van der Waals surface area contributed by atoms with E-state index in [1.807, 2.05) is 36.4 Å². The summed E-state index contributed by atoms with van der Waals surface area (Å²) in [5, 5.41) is 4.65. The minimum absolute atomic E-state index is 0.224. The van der Waals surface area contributed by atoms with Crippen LogP contribution in [-0.4, -0.2) is 34.4 Å². The zero-order valence-corrected chi connectivity index (χ0v) is 20.4. The third-order valence-corrected chi connectivity index (χ3v) is 6.62. The number of ether oxygens (including phenoxy) is 1. The molecule has 3 aromatic rings. The molecule has 0 bridgehead atoms. The highest BCUT2D eigenvalue weighted by molar-refractivity contribution is 6.11. The van der Waals surface area contributed by atoms with Gasteiger partial charge in [0, 0.05) is 41.9 Å². The van der Waals surface area contributed by atoms with Crippen LogP contribution in [0, 0.1) is 5.92 Å². The van der Waals surface area contributed by atoms with Gasteiger partial charge in [-0.2, -0.15) is 0 Å². The smallest absolute Gasteiger partial charge is 0.259 e. The van der Waals surface area contributed by atoms with Crippen LogP contribution >= 0.6 is 0 Å². The van der Waals surface area contributed by atoms with Crippen LogP contribution in [0.5, 0.6) is 5.75 Å². The van der Waals surface area contributed by atoms with E-state index >= 15 is 0 Å². The Morgan fingerprint density at radius 3 is 2.50 bits per heavy atom. The maximum absolute atomic E-state index is 13.5. The predicted molar refractivity (Wildman–Crippen MR) is 134 cm³/mol. The van der Waals surface area contributed by atoms with Gasteiger partial charge in [0.2, 0.25) is 5.91 Å². The molecule has 5 rings (SSSR count). The summed E-state index contributed by atoms with van der Waals surface area (Å²) in [4.78, 5) is 27.1. The second kappa shape index (κ2) is 8.35. The SMILES string of the molecule is CC(=O)N1CC2=C(C1=O)[C@@H](c1ccc(OCC(C)C)cc1)c1cn(C(C)C)c3cccc(c13)N2. The highest BCUT2D eigenvalue weighted by atomic mass is 16.5. The van der Waals surface area contributed by atoms with Crippen LogP contribution in [0.4, 0.5) is 5.69 Å². The molecule has 0 saturated carbocycles. The molecule has 2 amide bonds. The number of anilines is 1. The Labute approximate surface area is 200 Å². The lowest BCUT2D eigenvalue weighted by Gasteiger charge is -2.20. The van der Waals surface area contributed by atoms with Crippen molar-refractivity contribution in [2.24, 2.45) is 5.92 Å². The molecule has 0 radical (unpaired) electrons. The largest absolute Gasteiger partial charge is 0.493 e. The number of imide groups is 1. The number of benzene rings is 2. The third-order valence-electron chi connectivity index (χ3n) is 6.62. The molecule has 1 aromatic heterocycles. The monoisotopic (exact) mass is 457 g/mol. The Morgan fingerprint density at radius 1 is 1.12 bits per heavy atom. The number of nitrogens with zero attached hydrogens (tertiary/aromatic N) is 2. The zero-order valence-electron chi connectivity index (χ0n) is 20.4. The van der Waals surface area contributed by atoms with Gasteiger partial charge in [-0.1, -0.05) is 32.0 Å². The fourth-order valence-corrected chi connectivity index (χ4v) is 5.03. The van der Waals surface area contributed by atoms with E-state index in [1.165, 1.54) is 11.8 Å². The summed E-state index contributed by atoms with van der Waals surface area (Å²) >= 11 is 0. The van der Waals surface area contributed by atoms with Gasteiger partial charge in [-0.3, -0.25) is 14.5 Å². The Hall–Kier alpha value is -3.54. The molecule has 34 heavy (non-hydrogen) atoms. The number of hydrogen-bond donors (Lipinski definition) is 1. The van der Waals surface area contributed by atoms with Gasteiger partial charge < -0.3 is 14.6 Å².